The lowest BCUT2D eigenvalue weighted by atomic mass is 10.1. The van der Waals surface area contributed by atoms with Crippen LogP contribution >= 0.6 is 11.8 Å². The Balaban J connectivity index is 1.88. The van der Waals surface area contributed by atoms with E-state index in [9.17, 15) is 19.7 Å². The number of thioether (sulfide) groups is 1. The number of rotatable bonds is 6. The van der Waals surface area contributed by atoms with Gasteiger partial charge >= 0.3 is 11.7 Å². The molecule has 154 valence electrons. The first-order chi connectivity index (χ1) is 14.3. The summed E-state index contributed by atoms with van der Waals surface area (Å²) in [6.45, 7) is 2.03. The number of nitrogens with zero attached hydrogens (tertiary/aromatic N) is 3. The maximum absolute atomic E-state index is 12.6. The number of carbonyl (C=O) groups is 2. The molecule has 1 heterocycles. The van der Waals surface area contributed by atoms with Crippen molar-refractivity contribution in [2.75, 3.05) is 13.7 Å². The van der Waals surface area contributed by atoms with Gasteiger partial charge in [0.15, 0.2) is 10.9 Å². The molecule has 0 aliphatic carbocycles. The van der Waals surface area contributed by atoms with Gasteiger partial charge in [-0.1, -0.05) is 6.07 Å². The number of hydrogen-bond donors (Lipinski definition) is 1. The second kappa shape index (κ2) is 8.78. The number of nitro benzene ring substituents is 1. The van der Waals surface area contributed by atoms with E-state index < -0.39 is 10.9 Å². The Morgan fingerprint density at radius 3 is 2.60 bits per heavy atom. The number of ether oxygens (including phenoxy) is 1. The number of amidine groups is 1. The van der Waals surface area contributed by atoms with E-state index in [1.807, 2.05) is 0 Å². The Morgan fingerprint density at radius 2 is 2.00 bits per heavy atom. The first kappa shape index (κ1) is 21.1. The molecule has 10 heteroatoms. The average molecular weight is 427 g/mol. The molecule has 0 atom stereocenters. The van der Waals surface area contributed by atoms with E-state index in [0.29, 0.717) is 27.9 Å². The van der Waals surface area contributed by atoms with Gasteiger partial charge in [0, 0.05) is 13.1 Å². The number of amides is 1. The molecule has 2 aromatic rings. The van der Waals surface area contributed by atoms with Crippen LogP contribution in [0.2, 0.25) is 0 Å². The third-order valence-electron chi connectivity index (χ3n) is 4.12. The Hall–Kier alpha value is -3.66. The topological polar surface area (TPSA) is 122 Å². The van der Waals surface area contributed by atoms with Gasteiger partial charge in [0.1, 0.15) is 0 Å². The fourth-order valence-electron chi connectivity index (χ4n) is 2.64. The average Bonchev–Trinajstić information content (AvgIpc) is 2.97. The van der Waals surface area contributed by atoms with Crippen LogP contribution in [0, 0.1) is 10.1 Å². The summed E-state index contributed by atoms with van der Waals surface area (Å²) < 4.78 is 5.27. The monoisotopic (exact) mass is 427 g/mol. The van der Waals surface area contributed by atoms with Gasteiger partial charge in [0.2, 0.25) is 0 Å². The zero-order valence-corrected chi connectivity index (χ0v) is 16.9. The van der Waals surface area contributed by atoms with Gasteiger partial charge in [-0.15, -0.1) is 0 Å². The van der Waals surface area contributed by atoms with Crippen LogP contribution in [-0.2, 0) is 4.79 Å². The summed E-state index contributed by atoms with van der Waals surface area (Å²) in [5, 5.41) is 20.7. The molecule has 1 aliphatic heterocycles. The minimum atomic E-state index is -1.04. The normalized spacial score (nSPS) is 16.3. The molecule has 1 amide bonds. The predicted octanol–water partition coefficient (Wildman–Crippen LogP) is 3.93. The van der Waals surface area contributed by atoms with E-state index in [0.717, 1.165) is 11.8 Å². The second-order valence-electron chi connectivity index (χ2n) is 6.14. The number of hydrogen-bond acceptors (Lipinski definition) is 7. The summed E-state index contributed by atoms with van der Waals surface area (Å²) in [6.07, 6.45) is 1.56. The van der Waals surface area contributed by atoms with Crippen LogP contribution in [0.4, 0.5) is 11.4 Å². The maximum Gasteiger partial charge on any atom is 0.335 e. The van der Waals surface area contributed by atoms with Crippen LogP contribution in [0.5, 0.6) is 5.75 Å². The lowest BCUT2D eigenvalue weighted by Gasteiger charge is -2.07. The summed E-state index contributed by atoms with van der Waals surface area (Å²) in [7, 11) is 1.57. The molecule has 30 heavy (non-hydrogen) atoms. The SMILES string of the molecule is CCOc1ccc(/C=C2/SC(=Nc3ccc(C(=O)O)cc3)N(C)C2=O)cc1[N+](=O)[O-]. The molecular weight excluding hydrogens is 410 g/mol. The number of aromatic carboxylic acids is 1. The molecule has 0 saturated carbocycles. The van der Waals surface area contributed by atoms with Gasteiger partial charge < -0.3 is 9.84 Å². The van der Waals surface area contributed by atoms with Crippen LogP contribution in [0.25, 0.3) is 6.08 Å². The van der Waals surface area contributed by atoms with Gasteiger partial charge in [-0.25, -0.2) is 9.79 Å². The van der Waals surface area contributed by atoms with Crippen molar-refractivity contribution in [3.8, 4) is 5.75 Å². The minimum Gasteiger partial charge on any atom is -0.487 e. The number of benzene rings is 2. The summed E-state index contributed by atoms with van der Waals surface area (Å²) in [4.78, 5) is 40.4. The van der Waals surface area contributed by atoms with Crippen molar-refractivity contribution in [1.29, 1.82) is 0 Å². The first-order valence-electron chi connectivity index (χ1n) is 8.81. The Kier molecular flexibility index (Phi) is 6.17. The maximum atomic E-state index is 12.6. The molecule has 0 spiro atoms. The third kappa shape index (κ3) is 4.49. The second-order valence-corrected chi connectivity index (χ2v) is 7.15. The molecular formula is C20H17N3O6S. The van der Waals surface area contributed by atoms with Gasteiger partial charge in [-0.2, -0.15) is 0 Å². The lowest BCUT2D eigenvalue weighted by molar-refractivity contribution is -0.385. The molecule has 0 radical (unpaired) electrons. The number of aliphatic imine (C=N–C) groups is 1. The molecule has 2 aromatic carbocycles. The Morgan fingerprint density at radius 1 is 1.30 bits per heavy atom. The van der Waals surface area contributed by atoms with Gasteiger partial charge in [-0.3, -0.25) is 19.8 Å². The van der Waals surface area contributed by atoms with Crippen molar-refractivity contribution in [3.05, 3.63) is 68.6 Å². The van der Waals surface area contributed by atoms with Gasteiger partial charge in [-0.05, 0) is 60.7 Å². The fourth-order valence-corrected chi connectivity index (χ4v) is 3.62. The lowest BCUT2D eigenvalue weighted by Crippen LogP contribution is -2.23. The van der Waals surface area contributed by atoms with Crippen molar-refractivity contribution in [2.45, 2.75) is 6.92 Å². The zero-order chi connectivity index (χ0) is 21.8. The number of carboxylic acid groups (broad SMARTS) is 1. The summed E-state index contributed by atoms with van der Waals surface area (Å²) >= 11 is 1.13. The molecule has 0 aromatic heterocycles. The Labute approximate surface area is 175 Å². The summed E-state index contributed by atoms with van der Waals surface area (Å²) in [5.74, 6) is -1.16. The highest BCUT2D eigenvalue weighted by Gasteiger charge is 2.30. The van der Waals surface area contributed by atoms with Gasteiger partial charge in [0.05, 0.1) is 27.7 Å². The molecule has 1 saturated heterocycles. The van der Waals surface area contributed by atoms with Gasteiger partial charge in [0.25, 0.3) is 5.91 Å². The van der Waals surface area contributed by atoms with Crippen LogP contribution in [-0.4, -0.2) is 45.6 Å². The number of carbonyl (C=O) groups excluding carboxylic acids is 1. The number of nitro groups is 1. The predicted molar refractivity (Wildman–Crippen MR) is 113 cm³/mol. The number of likely N-dealkylation sites (N-methyl/N-ethyl adjacent to an activating group) is 1. The molecule has 3 rings (SSSR count). The quantitative estimate of drug-likeness (QED) is 0.421. The molecule has 0 bridgehead atoms. The van der Waals surface area contributed by atoms with E-state index in [4.69, 9.17) is 9.84 Å². The first-order valence-corrected chi connectivity index (χ1v) is 9.62. The van der Waals surface area contributed by atoms with Crippen LogP contribution < -0.4 is 4.74 Å². The van der Waals surface area contributed by atoms with E-state index in [-0.39, 0.29) is 22.9 Å². The largest absolute Gasteiger partial charge is 0.487 e. The fraction of sp³-hybridized carbons (Fsp3) is 0.150. The summed E-state index contributed by atoms with van der Waals surface area (Å²) in [6, 6.07) is 10.4. The number of carboxylic acids is 1. The van der Waals surface area contributed by atoms with E-state index in [2.05, 4.69) is 4.99 Å². The molecule has 0 unspecified atom stereocenters. The van der Waals surface area contributed by atoms with E-state index in [1.54, 1.807) is 38.2 Å². The molecule has 1 N–H and O–H groups in total. The smallest absolute Gasteiger partial charge is 0.335 e. The highest BCUT2D eigenvalue weighted by Crippen LogP contribution is 2.35. The van der Waals surface area contributed by atoms with Crippen molar-refractivity contribution in [3.63, 3.8) is 0 Å². The van der Waals surface area contributed by atoms with Crippen molar-refractivity contribution < 1.29 is 24.4 Å². The van der Waals surface area contributed by atoms with Crippen molar-refractivity contribution in [2.24, 2.45) is 4.99 Å². The van der Waals surface area contributed by atoms with Crippen molar-refractivity contribution in [1.82, 2.24) is 4.90 Å². The third-order valence-corrected chi connectivity index (χ3v) is 5.18. The zero-order valence-electron chi connectivity index (χ0n) is 16.1. The minimum absolute atomic E-state index is 0.139. The van der Waals surface area contributed by atoms with Crippen LogP contribution in [0.1, 0.15) is 22.8 Å². The Bertz CT molecular complexity index is 1080. The molecule has 1 aliphatic rings. The summed E-state index contributed by atoms with van der Waals surface area (Å²) in [5.41, 5.74) is 0.948. The van der Waals surface area contributed by atoms with E-state index in [1.165, 1.54) is 29.2 Å². The molecule has 1 fully saturated rings. The highest BCUT2D eigenvalue weighted by molar-refractivity contribution is 8.18. The van der Waals surface area contributed by atoms with Crippen LogP contribution in [0.15, 0.2) is 52.4 Å². The highest BCUT2D eigenvalue weighted by atomic mass is 32.2. The standard InChI is InChI=1S/C20H17N3O6S/c1-3-29-16-9-4-12(10-15(16)23(27)28)11-17-18(24)22(2)20(30-17)21-14-7-5-13(6-8-14)19(25)26/h4-11H,3H2,1-2H3,(H,25,26)/b17-11+,21-20?. The van der Waals surface area contributed by atoms with Crippen LogP contribution in [0.3, 0.4) is 0 Å². The van der Waals surface area contributed by atoms with E-state index >= 15 is 0 Å². The van der Waals surface area contributed by atoms with Crippen molar-refractivity contribution >= 4 is 46.3 Å². The molecule has 9 nitrogen and oxygen atoms in total.